The van der Waals surface area contributed by atoms with E-state index in [0.29, 0.717) is 16.7 Å². The summed E-state index contributed by atoms with van der Waals surface area (Å²) in [4.78, 5) is 23.1. The van der Waals surface area contributed by atoms with Gasteiger partial charge in [0.25, 0.3) is 0 Å². The van der Waals surface area contributed by atoms with E-state index in [4.69, 9.17) is 4.74 Å². The number of nitrogens with one attached hydrogen (secondary N) is 1. The van der Waals surface area contributed by atoms with Crippen LogP contribution < -0.4 is 5.32 Å². The number of sulfone groups is 1. The minimum atomic E-state index is -3.20. The van der Waals surface area contributed by atoms with E-state index >= 15 is 0 Å². The second kappa shape index (κ2) is 8.48. The van der Waals surface area contributed by atoms with Crippen LogP contribution in [0.1, 0.15) is 15.9 Å². The van der Waals surface area contributed by atoms with Crippen molar-refractivity contribution in [1.29, 1.82) is 0 Å². The Balaban J connectivity index is 2.11. The van der Waals surface area contributed by atoms with Crippen molar-refractivity contribution < 1.29 is 27.9 Å². The zero-order valence-corrected chi connectivity index (χ0v) is 15.0. The maximum absolute atomic E-state index is 11.7. The first kappa shape index (κ1) is 19.5. The van der Waals surface area contributed by atoms with Crippen molar-refractivity contribution in [2.24, 2.45) is 0 Å². The molecule has 1 amide bonds. The standard InChI is InChI=1S/C18H19NO6S/c1-26(23,24)11-10-25-18(22)19-12-13-6-2-3-7-14(13)15-8-4-5-9-16(15)17(20)21/h2-9H,10-12H2,1H3,(H,19,22)(H,20,21). The van der Waals surface area contributed by atoms with Crippen LogP contribution in [0.5, 0.6) is 0 Å². The highest BCUT2D eigenvalue weighted by Crippen LogP contribution is 2.27. The van der Waals surface area contributed by atoms with Crippen LogP contribution in [0.3, 0.4) is 0 Å². The van der Waals surface area contributed by atoms with Gasteiger partial charge in [0.05, 0.1) is 11.3 Å². The molecule has 0 aliphatic heterocycles. The lowest BCUT2D eigenvalue weighted by atomic mass is 9.95. The summed E-state index contributed by atoms with van der Waals surface area (Å²) in [6.07, 6.45) is 0.319. The second-order valence-electron chi connectivity index (χ2n) is 5.63. The molecule has 0 radical (unpaired) electrons. The first-order chi connectivity index (χ1) is 12.3. The van der Waals surface area contributed by atoms with E-state index < -0.39 is 21.9 Å². The number of carboxylic acids is 1. The number of aromatic carboxylic acids is 1. The molecule has 138 valence electrons. The van der Waals surface area contributed by atoms with E-state index in [1.54, 1.807) is 42.5 Å². The molecule has 0 aliphatic carbocycles. The van der Waals surface area contributed by atoms with Crippen LogP contribution in [0, 0.1) is 0 Å². The normalized spacial score (nSPS) is 11.0. The Labute approximate surface area is 151 Å². The molecule has 0 fully saturated rings. The molecule has 2 rings (SSSR count). The van der Waals surface area contributed by atoms with E-state index in [0.717, 1.165) is 6.26 Å². The number of benzene rings is 2. The third-order valence-corrected chi connectivity index (χ3v) is 4.48. The average Bonchev–Trinajstić information content (AvgIpc) is 2.59. The van der Waals surface area contributed by atoms with Crippen molar-refractivity contribution in [2.45, 2.75) is 6.54 Å². The van der Waals surface area contributed by atoms with Crippen molar-refractivity contribution in [3.8, 4) is 11.1 Å². The molecule has 2 N–H and O–H groups in total. The fraction of sp³-hybridized carbons (Fsp3) is 0.222. The van der Waals surface area contributed by atoms with Gasteiger partial charge in [0.1, 0.15) is 6.61 Å². The molecule has 0 unspecified atom stereocenters. The van der Waals surface area contributed by atoms with Crippen LogP contribution in [0.25, 0.3) is 11.1 Å². The lowest BCUT2D eigenvalue weighted by Crippen LogP contribution is -2.26. The Morgan fingerprint density at radius 3 is 2.31 bits per heavy atom. The van der Waals surface area contributed by atoms with E-state index in [1.807, 2.05) is 0 Å². The van der Waals surface area contributed by atoms with E-state index in [1.165, 1.54) is 6.07 Å². The maximum atomic E-state index is 11.7. The summed E-state index contributed by atoms with van der Waals surface area (Å²) in [6.45, 7) is -0.115. The number of rotatable bonds is 7. The second-order valence-corrected chi connectivity index (χ2v) is 7.89. The van der Waals surface area contributed by atoms with E-state index in [9.17, 15) is 23.1 Å². The van der Waals surface area contributed by atoms with Crippen LogP contribution in [-0.2, 0) is 21.1 Å². The predicted molar refractivity (Wildman–Crippen MR) is 96.7 cm³/mol. The monoisotopic (exact) mass is 377 g/mol. The fourth-order valence-electron chi connectivity index (χ4n) is 2.35. The van der Waals surface area contributed by atoms with Gasteiger partial charge < -0.3 is 15.2 Å². The van der Waals surface area contributed by atoms with Gasteiger partial charge >= 0.3 is 12.1 Å². The van der Waals surface area contributed by atoms with Gasteiger partial charge in [-0.15, -0.1) is 0 Å². The van der Waals surface area contributed by atoms with Crippen LogP contribution in [0.4, 0.5) is 4.79 Å². The first-order valence-corrected chi connectivity index (χ1v) is 9.83. The molecule has 0 aromatic heterocycles. The molecule has 2 aromatic rings. The zero-order valence-electron chi connectivity index (χ0n) is 14.1. The molecular formula is C18H19NO6S. The maximum Gasteiger partial charge on any atom is 0.407 e. The lowest BCUT2D eigenvalue weighted by molar-refractivity contribution is 0.0697. The lowest BCUT2D eigenvalue weighted by Gasteiger charge is -2.13. The van der Waals surface area contributed by atoms with E-state index in [2.05, 4.69) is 5.32 Å². The SMILES string of the molecule is CS(=O)(=O)CCOC(=O)NCc1ccccc1-c1ccccc1C(=O)O. The minimum Gasteiger partial charge on any atom is -0.478 e. The molecule has 26 heavy (non-hydrogen) atoms. The van der Waals surface area contributed by atoms with Gasteiger partial charge in [0, 0.05) is 12.8 Å². The molecule has 0 spiro atoms. The van der Waals surface area contributed by atoms with Gasteiger partial charge in [-0.2, -0.15) is 0 Å². The summed E-state index contributed by atoms with van der Waals surface area (Å²) in [6, 6.07) is 13.7. The Hall–Kier alpha value is -2.87. The van der Waals surface area contributed by atoms with Gasteiger partial charge in [0.15, 0.2) is 9.84 Å². The van der Waals surface area contributed by atoms with Crippen LogP contribution >= 0.6 is 0 Å². The minimum absolute atomic E-state index is 0.113. The molecule has 2 aromatic carbocycles. The number of alkyl carbamates (subject to hydrolysis) is 1. The zero-order chi connectivity index (χ0) is 19.2. The third-order valence-electron chi connectivity index (χ3n) is 3.58. The van der Waals surface area contributed by atoms with Crippen LogP contribution in [-0.4, -0.2) is 44.2 Å². The Kier molecular flexibility index (Phi) is 6.35. The molecular weight excluding hydrogens is 358 g/mol. The summed E-state index contributed by atoms with van der Waals surface area (Å²) in [5.74, 6) is -1.29. The Bertz CT molecular complexity index is 907. The largest absolute Gasteiger partial charge is 0.478 e. The quantitative estimate of drug-likeness (QED) is 0.766. The van der Waals surface area contributed by atoms with Gasteiger partial charge in [-0.1, -0.05) is 42.5 Å². The van der Waals surface area contributed by atoms with Crippen LogP contribution in [0.15, 0.2) is 48.5 Å². The average molecular weight is 377 g/mol. The molecule has 0 saturated carbocycles. The molecule has 0 aliphatic rings. The molecule has 8 heteroatoms. The number of carboxylic acid groups (broad SMARTS) is 1. The van der Waals surface area contributed by atoms with Crippen LogP contribution in [0.2, 0.25) is 0 Å². The highest BCUT2D eigenvalue weighted by atomic mass is 32.2. The highest BCUT2D eigenvalue weighted by molar-refractivity contribution is 7.90. The van der Waals surface area contributed by atoms with Gasteiger partial charge in [0.2, 0.25) is 0 Å². The summed E-state index contributed by atoms with van der Waals surface area (Å²) >= 11 is 0. The third kappa shape index (κ3) is 5.59. The topological polar surface area (TPSA) is 110 Å². The van der Waals surface area contributed by atoms with Gasteiger partial charge in [-0.25, -0.2) is 18.0 Å². The number of carbonyl (C=O) groups is 2. The summed E-state index contributed by atoms with van der Waals surface area (Å²) in [5, 5.41) is 11.9. The van der Waals surface area contributed by atoms with Gasteiger partial charge in [-0.3, -0.25) is 0 Å². The molecule has 7 nitrogen and oxygen atoms in total. The first-order valence-electron chi connectivity index (χ1n) is 7.77. The molecule has 0 atom stereocenters. The van der Waals surface area contributed by atoms with Crippen molar-refractivity contribution in [2.75, 3.05) is 18.6 Å². The number of carbonyl (C=O) groups excluding carboxylic acids is 1. The van der Waals surface area contributed by atoms with Crippen molar-refractivity contribution in [3.63, 3.8) is 0 Å². The van der Waals surface area contributed by atoms with Crippen molar-refractivity contribution in [3.05, 3.63) is 59.7 Å². The van der Waals surface area contributed by atoms with E-state index in [-0.39, 0.29) is 24.5 Å². The predicted octanol–water partition coefficient (Wildman–Crippen LogP) is 2.32. The van der Waals surface area contributed by atoms with Crippen molar-refractivity contribution in [1.82, 2.24) is 5.32 Å². The number of hydrogen-bond donors (Lipinski definition) is 2. The summed E-state index contributed by atoms with van der Waals surface area (Å²) in [5.41, 5.74) is 2.10. The number of amides is 1. The summed E-state index contributed by atoms with van der Waals surface area (Å²) < 4.78 is 26.9. The Morgan fingerprint density at radius 2 is 1.65 bits per heavy atom. The van der Waals surface area contributed by atoms with Crippen molar-refractivity contribution >= 4 is 21.9 Å². The van der Waals surface area contributed by atoms with Gasteiger partial charge in [-0.05, 0) is 22.8 Å². The Morgan fingerprint density at radius 1 is 1.04 bits per heavy atom. The summed E-state index contributed by atoms with van der Waals surface area (Å²) in [7, 11) is -3.20. The highest BCUT2D eigenvalue weighted by Gasteiger charge is 2.14. The molecule has 0 bridgehead atoms. The number of hydrogen-bond acceptors (Lipinski definition) is 5. The molecule has 0 heterocycles. The fourth-order valence-corrected chi connectivity index (χ4v) is 2.73. The molecule has 0 saturated heterocycles. The number of ether oxygens (including phenoxy) is 1. The smallest absolute Gasteiger partial charge is 0.407 e.